The number of carbonyl (C=O) groups is 1. The third-order valence-corrected chi connectivity index (χ3v) is 4.28. The summed E-state index contributed by atoms with van der Waals surface area (Å²) in [5.74, 6) is -0.230. The van der Waals surface area contributed by atoms with Crippen molar-refractivity contribution in [2.45, 2.75) is 51.0 Å². The van der Waals surface area contributed by atoms with Gasteiger partial charge >= 0.3 is 5.97 Å². The van der Waals surface area contributed by atoms with E-state index in [-0.39, 0.29) is 6.54 Å². The number of carboxylic acids is 1. The first kappa shape index (κ1) is 15.0. The van der Waals surface area contributed by atoms with Gasteiger partial charge in [0, 0.05) is 6.04 Å². The lowest BCUT2D eigenvalue weighted by Crippen LogP contribution is -2.44. The van der Waals surface area contributed by atoms with Crippen molar-refractivity contribution in [1.29, 1.82) is 0 Å². The smallest absolute Gasteiger partial charge is 0.317 e. The normalized spacial score (nSPS) is 22.9. The molecule has 0 aromatic heterocycles. The second-order valence-corrected chi connectivity index (χ2v) is 5.73. The highest BCUT2D eigenvalue weighted by Gasteiger charge is 2.31. The van der Waals surface area contributed by atoms with E-state index in [4.69, 9.17) is 5.11 Å². The molecule has 20 heavy (non-hydrogen) atoms. The van der Waals surface area contributed by atoms with Crippen LogP contribution in [-0.4, -0.2) is 35.1 Å². The molecule has 2 rings (SSSR count). The summed E-state index contributed by atoms with van der Waals surface area (Å²) < 4.78 is 0. The maximum absolute atomic E-state index is 11.1. The van der Waals surface area contributed by atoms with Gasteiger partial charge in [0.15, 0.2) is 0 Å². The van der Waals surface area contributed by atoms with E-state index < -0.39 is 5.97 Å². The molecule has 1 N–H and O–H groups in total. The molecule has 1 aliphatic rings. The summed E-state index contributed by atoms with van der Waals surface area (Å²) in [5, 5.41) is 9.16. The summed E-state index contributed by atoms with van der Waals surface area (Å²) in [6.07, 6.45) is 5.77. The predicted octanol–water partition coefficient (Wildman–Crippen LogP) is 3.51. The van der Waals surface area contributed by atoms with Crippen molar-refractivity contribution in [3.8, 4) is 0 Å². The van der Waals surface area contributed by atoms with Crippen LogP contribution >= 0.6 is 0 Å². The van der Waals surface area contributed by atoms with E-state index >= 15 is 0 Å². The molecule has 0 bridgehead atoms. The minimum Gasteiger partial charge on any atom is -0.480 e. The minimum atomic E-state index is -0.712. The third-order valence-electron chi connectivity index (χ3n) is 4.28. The van der Waals surface area contributed by atoms with Crippen LogP contribution in [0, 0.1) is 0 Å². The van der Waals surface area contributed by atoms with Gasteiger partial charge in [0.25, 0.3) is 0 Å². The van der Waals surface area contributed by atoms with Crippen LogP contribution in [0.2, 0.25) is 0 Å². The van der Waals surface area contributed by atoms with E-state index in [1.54, 1.807) is 0 Å². The van der Waals surface area contributed by atoms with E-state index in [0.717, 1.165) is 19.4 Å². The van der Waals surface area contributed by atoms with Gasteiger partial charge in [-0.2, -0.15) is 0 Å². The lowest BCUT2D eigenvalue weighted by molar-refractivity contribution is -0.139. The maximum atomic E-state index is 11.1. The summed E-state index contributed by atoms with van der Waals surface area (Å²) in [7, 11) is 0. The fraction of sp³-hybridized carbons (Fsp3) is 0.588. The van der Waals surface area contributed by atoms with Gasteiger partial charge in [-0.1, -0.05) is 50.1 Å². The summed E-state index contributed by atoms with van der Waals surface area (Å²) >= 11 is 0. The van der Waals surface area contributed by atoms with E-state index in [0.29, 0.717) is 12.0 Å². The molecule has 1 aromatic rings. The highest BCUT2D eigenvalue weighted by molar-refractivity contribution is 5.69. The molecule has 1 aliphatic carbocycles. The number of benzene rings is 1. The van der Waals surface area contributed by atoms with Crippen LogP contribution in [0.15, 0.2) is 30.3 Å². The lowest BCUT2D eigenvalue weighted by atomic mass is 9.79. The number of nitrogens with zero attached hydrogens (tertiary/aromatic N) is 1. The van der Waals surface area contributed by atoms with Crippen molar-refractivity contribution < 1.29 is 9.90 Å². The fourth-order valence-electron chi connectivity index (χ4n) is 3.46. The average molecular weight is 275 g/mol. The topological polar surface area (TPSA) is 40.5 Å². The average Bonchev–Trinajstić information content (AvgIpc) is 2.47. The van der Waals surface area contributed by atoms with Crippen molar-refractivity contribution in [3.05, 3.63) is 35.9 Å². The summed E-state index contributed by atoms with van der Waals surface area (Å²) in [6, 6.07) is 11.0. The zero-order valence-electron chi connectivity index (χ0n) is 12.3. The first-order chi connectivity index (χ1) is 9.72. The van der Waals surface area contributed by atoms with Gasteiger partial charge in [0.1, 0.15) is 0 Å². The molecule has 3 heteroatoms. The standard InChI is InChI=1S/C17H25NO2/c1-2-12-18(13-17(19)20)16-11-7-6-10-15(16)14-8-4-3-5-9-14/h3-5,8-9,15-16H,2,6-7,10-13H2,1H3,(H,19,20). The van der Waals surface area contributed by atoms with Crippen molar-refractivity contribution >= 4 is 5.97 Å². The second-order valence-electron chi connectivity index (χ2n) is 5.73. The van der Waals surface area contributed by atoms with E-state index in [2.05, 4.69) is 36.1 Å². The highest BCUT2D eigenvalue weighted by Crippen LogP contribution is 2.36. The van der Waals surface area contributed by atoms with Crippen LogP contribution in [0.1, 0.15) is 50.5 Å². The monoisotopic (exact) mass is 275 g/mol. The Morgan fingerprint density at radius 3 is 2.60 bits per heavy atom. The van der Waals surface area contributed by atoms with E-state index in [1.807, 2.05) is 6.07 Å². The zero-order chi connectivity index (χ0) is 14.4. The molecular formula is C17H25NO2. The van der Waals surface area contributed by atoms with Gasteiger partial charge in [-0.05, 0) is 37.3 Å². The van der Waals surface area contributed by atoms with Gasteiger partial charge in [-0.15, -0.1) is 0 Å². The van der Waals surface area contributed by atoms with Crippen molar-refractivity contribution in [2.24, 2.45) is 0 Å². The Morgan fingerprint density at radius 1 is 1.25 bits per heavy atom. The molecule has 110 valence electrons. The number of hydrogen-bond donors (Lipinski definition) is 1. The van der Waals surface area contributed by atoms with Crippen molar-refractivity contribution in [1.82, 2.24) is 4.90 Å². The molecule has 1 aromatic carbocycles. The second kappa shape index (κ2) is 7.44. The Kier molecular flexibility index (Phi) is 5.60. The van der Waals surface area contributed by atoms with Gasteiger partial charge in [-0.25, -0.2) is 0 Å². The molecule has 3 nitrogen and oxygen atoms in total. The Morgan fingerprint density at radius 2 is 1.95 bits per heavy atom. The molecule has 0 radical (unpaired) electrons. The summed E-state index contributed by atoms with van der Waals surface area (Å²) in [4.78, 5) is 13.3. The Balaban J connectivity index is 2.18. The van der Waals surface area contributed by atoms with Crippen LogP contribution in [0.5, 0.6) is 0 Å². The Labute approximate surface area is 121 Å². The van der Waals surface area contributed by atoms with Crippen LogP contribution in [0.25, 0.3) is 0 Å². The van der Waals surface area contributed by atoms with E-state index in [9.17, 15) is 4.79 Å². The molecular weight excluding hydrogens is 250 g/mol. The molecule has 0 aliphatic heterocycles. The predicted molar refractivity (Wildman–Crippen MR) is 80.9 cm³/mol. The highest BCUT2D eigenvalue weighted by atomic mass is 16.4. The zero-order valence-corrected chi connectivity index (χ0v) is 12.3. The molecule has 1 saturated carbocycles. The molecule has 0 spiro atoms. The van der Waals surface area contributed by atoms with Gasteiger partial charge in [0.05, 0.1) is 6.54 Å². The van der Waals surface area contributed by atoms with Crippen molar-refractivity contribution in [2.75, 3.05) is 13.1 Å². The first-order valence-electron chi connectivity index (χ1n) is 7.73. The third kappa shape index (κ3) is 3.83. The number of aliphatic carboxylic acids is 1. The van der Waals surface area contributed by atoms with Crippen molar-refractivity contribution in [3.63, 3.8) is 0 Å². The van der Waals surface area contributed by atoms with Gasteiger partial charge in [-0.3, -0.25) is 9.69 Å². The SMILES string of the molecule is CCCN(CC(=O)O)C1CCCCC1c1ccccc1. The number of carboxylic acid groups (broad SMARTS) is 1. The maximum Gasteiger partial charge on any atom is 0.317 e. The Hall–Kier alpha value is -1.35. The van der Waals surface area contributed by atoms with Gasteiger partial charge < -0.3 is 5.11 Å². The number of hydrogen-bond acceptors (Lipinski definition) is 2. The first-order valence-corrected chi connectivity index (χ1v) is 7.73. The van der Waals surface area contributed by atoms with Crippen LogP contribution in [-0.2, 0) is 4.79 Å². The number of rotatable bonds is 6. The Bertz CT molecular complexity index is 418. The minimum absolute atomic E-state index is 0.168. The van der Waals surface area contributed by atoms with Crippen LogP contribution in [0.3, 0.4) is 0 Å². The fourth-order valence-corrected chi connectivity index (χ4v) is 3.46. The van der Waals surface area contributed by atoms with Gasteiger partial charge in [0.2, 0.25) is 0 Å². The van der Waals surface area contributed by atoms with Crippen LogP contribution < -0.4 is 0 Å². The summed E-state index contributed by atoms with van der Waals surface area (Å²) in [6.45, 7) is 3.16. The molecule has 0 heterocycles. The molecule has 0 saturated heterocycles. The lowest BCUT2D eigenvalue weighted by Gasteiger charge is -2.39. The summed E-state index contributed by atoms with van der Waals surface area (Å²) in [5.41, 5.74) is 1.36. The quantitative estimate of drug-likeness (QED) is 0.863. The molecule has 2 atom stereocenters. The molecule has 1 fully saturated rings. The van der Waals surface area contributed by atoms with Crippen LogP contribution in [0.4, 0.5) is 0 Å². The van der Waals surface area contributed by atoms with E-state index in [1.165, 1.54) is 24.8 Å². The largest absolute Gasteiger partial charge is 0.480 e. The molecule has 2 unspecified atom stereocenters. The molecule has 0 amide bonds.